The molecule has 1 aromatic carbocycles. The van der Waals surface area contributed by atoms with E-state index in [9.17, 15) is 9.59 Å². The van der Waals surface area contributed by atoms with Crippen molar-refractivity contribution in [1.82, 2.24) is 4.57 Å². The Morgan fingerprint density at radius 3 is 2.71 bits per heavy atom. The zero-order valence-electron chi connectivity index (χ0n) is 12.5. The monoisotopic (exact) mass is 289 g/mol. The molecule has 0 bridgehead atoms. The first-order chi connectivity index (χ1) is 10.0. The highest BCUT2D eigenvalue weighted by molar-refractivity contribution is 5.83. The average molecular weight is 289 g/mol. The summed E-state index contributed by atoms with van der Waals surface area (Å²) in [5.41, 5.74) is -0.211. The molecule has 0 fully saturated rings. The minimum atomic E-state index is -0.418. The highest BCUT2D eigenvalue weighted by Gasteiger charge is 2.08. The van der Waals surface area contributed by atoms with Crippen LogP contribution in [0.2, 0.25) is 0 Å². The zero-order valence-corrected chi connectivity index (χ0v) is 12.5. The first-order valence-corrected chi connectivity index (χ1v) is 6.96. The molecule has 21 heavy (non-hydrogen) atoms. The van der Waals surface area contributed by atoms with E-state index >= 15 is 0 Å². The van der Waals surface area contributed by atoms with Crippen LogP contribution in [0, 0.1) is 0 Å². The fourth-order valence-electron chi connectivity index (χ4n) is 2.08. The van der Waals surface area contributed by atoms with Gasteiger partial charge in [0.05, 0.1) is 12.7 Å². The van der Waals surface area contributed by atoms with Gasteiger partial charge in [0.1, 0.15) is 12.3 Å². The Labute approximate surface area is 123 Å². The summed E-state index contributed by atoms with van der Waals surface area (Å²) in [4.78, 5) is 23.8. The van der Waals surface area contributed by atoms with E-state index in [1.165, 1.54) is 4.57 Å². The summed E-state index contributed by atoms with van der Waals surface area (Å²) >= 11 is 0. The van der Waals surface area contributed by atoms with E-state index in [-0.39, 0.29) is 18.2 Å². The molecular weight excluding hydrogens is 270 g/mol. The normalized spacial score (nSPS) is 10.9. The van der Waals surface area contributed by atoms with Crippen molar-refractivity contribution < 1.29 is 14.3 Å². The number of carbonyl (C=O) groups excluding carboxylic acids is 1. The molecule has 0 radical (unpaired) electrons. The molecule has 0 aliphatic rings. The van der Waals surface area contributed by atoms with Gasteiger partial charge in [-0.3, -0.25) is 9.59 Å². The van der Waals surface area contributed by atoms with Crippen molar-refractivity contribution in [2.45, 2.75) is 33.4 Å². The lowest BCUT2D eigenvalue weighted by Gasteiger charge is -2.11. The van der Waals surface area contributed by atoms with Crippen molar-refractivity contribution >= 4 is 16.7 Å². The summed E-state index contributed by atoms with van der Waals surface area (Å²) < 4.78 is 11.8. The van der Waals surface area contributed by atoms with E-state index < -0.39 is 5.97 Å². The smallest absolute Gasteiger partial charge is 0.326 e. The van der Waals surface area contributed by atoms with Crippen LogP contribution in [0.4, 0.5) is 0 Å². The van der Waals surface area contributed by atoms with Crippen LogP contribution >= 0.6 is 0 Å². The van der Waals surface area contributed by atoms with Crippen LogP contribution in [0.3, 0.4) is 0 Å². The van der Waals surface area contributed by atoms with Crippen LogP contribution in [0.1, 0.15) is 20.8 Å². The van der Waals surface area contributed by atoms with E-state index in [4.69, 9.17) is 9.47 Å². The van der Waals surface area contributed by atoms with Gasteiger partial charge in [-0.1, -0.05) is 0 Å². The van der Waals surface area contributed by atoms with Gasteiger partial charge in [-0.25, -0.2) is 0 Å². The topological polar surface area (TPSA) is 57.5 Å². The molecule has 112 valence electrons. The number of nitrogens with zero attached hydrogens (tertiary/aromatic N) is 1. The molecule has 0 spiro atoms. The zero-order chi connectivity index (χ0) is 15.4. The Morgan fingerprint density at radius 1 is 1.29 bits per heavy atom. The first-order valence-electron chi connectivity index (χ1n) is 6.96. The fourth-order valence-corrected chi connectivity index (χ4v) is 2.08. The molecule has 0 unspecified atom stereocenters. The summed E-state index contributed by atoms with van der Waals surface area (Å²) in [5, 5.41) is 1.34. The molecule has 0 aliphatic heterocycles. The van der Waals surface area contributed by atoms with Crippen LogP contribution < -0.4 is 10.3 Å². The van der Waals surface area contributed by atoms with Gasteiger partial charge in [0.25, 0.3) is 5.56 Å². The number of hydrogen-bond donors (Lipinski definition) is 0. The van der Waals surface area contributed by atoms with E-state index in [1.807, 2.05) is 19.9 Å². The molecule has 0 amide bonds. The molecule has 0 N–H and O–H groups in total. The predicted octanol–water partition coefficient (Wildman–Crippen LogP) is 2.35. The lowest BCUT2D eigenvalue weighted by Crippen LogP contribution is -2.24. The van der Waals surface area contributed by atoms with Crippen LogP contribution in [-0.2, 0) is 16.1 Å². The SMILES string of the molecule is CCOC(=O)Cn1ccc2cc(OC(C)C)ccc2c1=O. The van der Waals surface area contributed by atoms with Crippen molar-refractivity contribution in [3.8, 4) is 5.75 Å². The number of hydrogen-bond acceptors (Lipinski definition) is 4. The highest BCUT2D eigenvalue weighted by Crippen LogP contribution is 2.19. The molecule has 0 atom stereocenters. The molecule has 1 aromatic heterocycles. The van der Waals surface area contributed by atoms with Crippen molar-refractivity contribution in [2.24, 2.45) is 0 Å². The number of ether oxygens (including phenoxy) is 2. The average Bonchev–Trinajstić information content (AvgIpc) is 2.41. The summed E-state index contributed by atoms with van der Waals surface area (Å²) in [5.74, 6) is 0.304. The molecule has 0 saturated carbocycles. The van der Waals surface area contributed by atoms with Gasteiger partial charge < -0.3 is 14.0 Å². The Hall–Kier alpha value is -2.30. The van der Waals surface area contributed by atoms with Gasteiger partial charge >= 0.3 is 5.97 Å². The van der Waals surface area contributed by atoms with Gasteiger partial charge in [0, 0.05) is 11.6 Å². The summed E-state index contributed by atoms with van der Waals surface area (Å²) in [6.07, 6.45) is 1.67. The third kappa shape index (κ3) is 3.62. The third-order valence-electron chi connectivity index (χ3n) is 2.92. The van der Waals surface area contributed by atoms with Crippen LogP contribution in [-0.4, -0.2) is 23.2 Å². The number of benzene rings is 1. The molecule has 0 aliphatic carbocycles. The van der Waals surface area contributed by atoms with Crippen LogP contribution in [0.25, 0.3) is 10.8 Å². The summed E-state index contributed by atoms with van der Waals surface area (Å²) in [6, 6.07) is 7.10. The summed E-state index contributed by atoms with van der Waals surface area (Å²) in [7, 11) is 0. The fraction of sp³-hybridized carbons (Fsp3) is 0.375. The van der Waals surface area contributed by atoms with Crippen molar-refractivity contribution in [3.05, 3.63) is 40.8 Å². The van der Waals surface area contributed by atoms with Crippen LogP contribution in [0.5, 0.6) is 5.75 Å². The maximum atomic E-state index is 12.3. The van der Waals surface area contributed by atoms with E-state index in [0.717, 1.165) is 11.1 Å². The van der Waals surface area contributed by atoms with E-state index in [1.54, 1.807) is 31.3 Å². The predicted molar refractivity (Wildman–Crippen MR) is 80.6 cm³/mol. The Balaban J connectivity index is 2.34. The van der Waals surface area contributed by atoms with Gasteiger partial charge in [0.2, 0.25) is 0 Å². The summed E-state index contributed by atoms with van der Waals surface area (Å²) in [6.45, 7) is 5.85. The number of carbonyl (C=O) groups is 1. The van der Waals surface area contributed by atoms with Crippen molar-refractivity contribution in [1.29, 1.82) is 0 Å². The molecule has 5 nitrogen and oxygen atoms in total. The second-order valence-corrected chi connectivity index (χ2v) is 4.97. The van der Waals surface area contributed by atoms with Crippen molar-refractivity contribution in [2.75, 3.05) is 6.61 Å². The maximum absolute atomic E-state index is 12.3. The van der Waals surface area contributed by atoms with Crippen LogP contribution in [0.15, 0.2) is 35.3 Å². The maximum Gasteiger partial charge on any atom is 0.326 e. The van der Waals surface area contributed by atoms with Gasteiger partial charge in [0.15, 0.2) is 0 Å². The van der Waals surface area contributed by atoms with Gasteiger partial charge in [-0.15, -0.1) is 0 Å². The Kier molecular flexibility index (Phi) is 4.62. The highest BCUT2D eigenvalue weighted by atomic mass is 16.5. The van der Waals surface area contributed by atoms with Gasteiger partial charge in [-0.05, 0) is 50.4 Å². The van der Waals surface area contributed by atoms with Crippen molar-refractivity contribution in [3.63, 3.8) is 0 Å². The van der Waals surface area contributed by atoms with E-state index in [2.05, 4.69) is 0 Å². The molecule has 2 aromatic rings. The third-order valence-corrected chi connectivity index (χ3v) is 2.92. The molecular formula is C16H19NO4. The molecule has 2 rings (SSSR count). The standard InChI is InChI=1S/C16H19NO4/c1-4-20-15(18)10-17-8-7-12-9-13(21-11(2)3)5-6-14(12)16(17)19/h5-9,11H,4,10H2,1-3H3. The molecule has 0 saturated heterocycles. The second kappa shape index (κ2) is 6.43. The molecule has 5 heteroatoms. The number of esters is 1. The quantitative estimate of drug-likeness (QED) is 0.793. The minimum Gasteiger partial charge on any atom is -0.491 e. The number of aromatic nitrogens is 1. The number of pyridine rings is 1. The largest absolute Gasteiger partial charge is 0.491 e. The molecule has 1 heterocycles. The first kappa shape index (κ1) is 15.1. The van der Waals surface area contributed by atoms with E-state index in [0.29, 0.717) is 12.0 Å². The Bertz CT molecular complexity index is 703. The second-order valence-electron chi connectivity index (χ2n) is 4.97. The van der Waals surface area contributed by atoms with Gasteiger partial charge in [-0.2, -0.15) is 0 Å². The minimum absolute atomic E-state index is 0.0756. The number of rotatable bonds is 5. The Morgan fingerprint density at radius 2 is 2.05 bits per heavy atom. The lowest BCUT2D eigenvalue weighted by atomic mass is 10.1. The lowest BCUT2D eigenvalue weighted by molar-refractivity contribution is -0.143. The number of fused-ring (bicyclic) bond motifs is 1.